The van der Waals surface area contributed by atoms with Crippen LogP contribution in [0.4, 0.5) is 10.6 Å². The number of fused-ring (bicyclic) bond motifs is 1. The number of carbonyl (C=O) groups excluding carboxylic acids is 1. The van der Waals surface area contributed by atoms with Gasteiger partial charge in [0.05, 0.1) is 11.9 Å². The summed E-state index contributed by atoms with van der Waals surface area (Å²) in [7, 11) is 0. The van der Waals surface area contributed by atoms with Gasteiger partial charge in [-0.2, -0.15) is 0 Å². The Morgan fingerprint density at radius 1 is 1.29 bits per heavy atom. The molecule has 1 aliphatic rings. The average molecular weight is 380 g/mol. The topological polar surface area (TPSA) is 107 Å². The molecule has 0 bridgehead atoms. The molecule has 0 atom stereocenters. The van der Waals surface area contributed by atoms with Gasteiger partial charge in [0.1, 0.15) is 11.4 Å². The van der Waals surface area contributed by atoms with Crippen molar-refractivity contribution in [3.05, 3.63) is 42.9 Å². The largest absolute Gasteiger partial charge is 0.443 e. The van der Waals surface area contributed by atoms with Crippen molar-refractivity contribution in [3.63, 3.8) is 0 Å². The molecule has 0 aliphatic heterocycles. The number of primary amides is 1. The third-order valence-corrected chi connectivity index (χ3v) is 5.55. The van der Waals surface area contributed by atoms with Gasteiger partial charge in [-0.15, -0.1) is 5.10 Å². The quantitative estimate of drug-likeness (QED) is 0.702. The smallest absolute Gasteiger partial charge is 0.405 e. The lowest BCUT2D eigenvalue weighted by atomic mass is 9.80. The molecule has 3 aromatic rings. The predicted octanol–water partition coefficient (Wildman–Crippen LogP) is 3.39. The minimum Gasteiger partial charge on any atom is -0.443 e. The minimum atomic E-state index is -0.691. The summed E-state index contributed by atoms with van der Waals surface area (Å²) in [6.07, 6.45) is 8.78. The summed E-state index contributed by atoms with van der Waals surface area (Å²) >= 11 is 0. The predicted molar refractivity (Wildman–Crippen MR) is 106 cm³/mol. The number of nitrogens with zero attached hydrogens (tertiary/aromatic N) is 4. The molecule has 8 heteroatoms. The molecule has 3 aromatic heterocycles. The Labute approximate surface area is 163 Å². The van der Waals surface area contributed by atoms with Gasteiger partial charge in [0.2, 0.25) is 0 Å². The van der Waals surface area contributed by atoms with E-state index in [-0.39, 0.29) is 6.04 Å². The number of nitrogens with one attached hydrogen (secondary N) is 1. The minimum absolute atomic E-state index is 0.272. The van der Waals surface area contributed by atoms with Gasteiger partial charge in [0.25, 0.3) is 0 Å². The van der Waals surface area contributed by atoms with Crippen molar-refractivity contribution in [3.8, 4) is 11.3 Å². The highest BCUT2D eigenvalue weighted by Gasteiger charge is 2.37. The normalized spacial score (nSPS) is 22.1. The van der Waals surface area contributed by atoms with E-state index in [4.69, 9.17) is 15.6 Å². The van der Waals surface area contributed by atoms with Crippen molar-refractivity contribution in [1.29, 1.82) is 0 Å². The zero-order chi connectivity index (χ0) is 19.6. The third kappa shape index (κ3) is 3.62. The molecule has 0 unspecified atom stereocenters. The molecule has 8 nitrogen and oxygen atoms in total. The van der Waals surface area contributed by atoms with E-state index in [9.17, 15) is 4.79 Å². The van der Waals surface area contributed by atoms with E-state index in [0.717, 1.165) is 54.8 Å². The first-order valence-electron chi connectivity index (χ1n) is 9.59. The van der Waals surface area contributed by atoms with Crippen molar-refractivity contribution in [1.82, 2.24) is 19.6 Å². The zero-order valence-electron chi connectivity index (χ0n) is 15.8. The first-order chi connectivity index (χ1) is 13.6. The number of aromatic nitrogens is 4. The van der Waals surface area contributed by atoms with Crippen molar-refractivity contribution >= 4 is 17.6 Å². The summed E-state index contributed by atoms with van der Waals surface area (Å²) in [5, 5.41) is 8.24. The number of imidazole rings is 1. The Bertz CT molecular complexity index is 963. The van der Waals surface area contributed by atoms with E-state index < -0.39 is 11.7 Å². The van der Waals surface area contributed by atoms with Gasteiger partial charge in [-0.25, -0.2) is 14.3 Å². The van der Waals surface area contributed by atoms with Crippen molar-refractivity contribution in [2.24, 2.45) is 5.73 Å². The van der Waals surface area contributed by atoms with Crippen LogP contribution in [0.25, 0.3) is 16.9 Å². The molecule has 0 saturated heterocycles. The van der Waals surface area contributed by atoms with Gasteiger partial charge in [-0.1, -0.05) is 6.92 Å². The zero-order valence-corrected chi connectivity index (χ0v) is 15.8. The van der Waals surface area contributed by atoms with E-state index in [0.29, 0.717) is 0 Å². The van der Waals surface area contributed by atoms with Gasteiger partial charge < -0.3 is 15.8 Å². The summed E-state index contributed by atoms with van der Waals surface area (Å²) in [6, 6.07) is 8.05. The molecule has 28 heavy (non-hydrogen) atoms. The van der Waals surface area contributed by atoms with E-state index in [1.807, 2.05) is 41.9 Å². The van der Waals surface area contributed by atoms with Gasteiger partial charge in [0.15, 0.2) is 5.65 Å². The maximum absolute atomic E-state index is 11.2. The molecule has 3 N–H and O–H groups in total. The Morgan fingerprint density at radius 3 is 2.71 bits per heavy atom. The molecule has 1 amide bonds. The molecule has 1 fully saturated rings. The molecule has 1 aliphatic carbocycles. The number of ether oxygens (including phenoxy) is 1. The highest BCUT2D eigenvalue weighted by molar-refractivity contribution is 5.65. The number of carbonyl (C=O) groups is 1. The van der Waals surface area contributed by atoms with Crippen molar-refractivity contribution in [2.75, 3.05) is 5.32 Å². The fourth-order valence-corrected chi connectivity index (χ4v) is 3.91. The number of anilines is 1. The van der Waals surface area contributed by atoms with Crippen LogP contribution in [0.1, 0.15) is 39.0 Å². The van der Waals surface area contributed by atoms with Gasteiger partial charge >= 0.3 is 6.09 Å². The highest BCUT2D eigenvalue weighted by atomic mass is 16.6. The maximum Gasteiger partial charge on any atom is 0.405 e. The Kier molecular flexibility index (Phi) is 4.85. The molecule has 146 valence electrons. The maximum atomic E-state index is 11.2. The second-order valence-corrected chi connectivity index (χ2v) is 7.24. The van der Waals surface area contributed by atoms with Crippen LogP contribution in [0.3, 0.4) is 0 Å². The van der Waals surface area contributed by atoms with Gasteiger partial charge in [-0.05, 0) is 56.4 Å². The van der Waals surface area contributed by atoms with E-state index in [1.165, 1.54) is 0 Å². The number of nitrogens with two attached hydrogens (primary N) is 1. The average Bonchev–Trinajstić information content (AvgIpc) is 3.13. The van der Waals surface area contributed by atoms with E-state index in [2.05, 4.69) is 15.3 Å². The lowest BCUT2D eigenvalue weighted by Gasteiger charge is -2.38. The number of amides is 1. The monoisotopic (exact) mass is 380 g/mol. The SMILES string of the molecule is CCC1(OC(N)=O)CCC(Nc2ccc3ncc(-c4ccncc4)n3n2)CC1. The van der Waals surface area contributed by atoms with Crippen LogP contribution >= 0.6 is 0 Å². The van der Waals surface area contributed by atoms with Crippen LogP contribution in [0.2, 0.25) is 0 Å². The highest BCUT2D eigenvalue weighted by Crippen LogP contribution is 2.35. The molecular formula is C20H24N6O2. The van der Waals surface area contributed by atoms with Crippen LogP contribution in [0.15, 0.2) is 42.9 Å². The van der Waals surface area contributed by atoms with E-state index >= 15 is 0 Å². The van der Waals surface area contributed by atoms with Crippen molar-refractivity contribution in [2.45, 2.75) is 50.7 Å². The van der Waals surface area contributed by atoms with Crippen LogP contribution < -0.4 is 11.1 Å². The first-order valence-corrected chi connectivity index (χ1v) is 9.59. The molecule has 1 saturated carbocycles. The van der Waals surface area contributed by atoms with Crippen molar-refractivity contribution < 1.29 is 9.53 Å². The second kappa shape index (κ2) is 7.46. The number of pyridine rings is 1. The van der Waals surface area contributed by atoms with E-state index in [1.54, 1.807) is 12.4 Å². The molecule has 0 aromatic carbocycles. The number of rotatable bonds is 5. The lowest BCUT2D eigenvalue weighted by Crippen LogP contribution is -2.42. The molecular weight excluding hydrogens is 356 g/mol. The van der Waals surface area contributed by atoms with Gasteiger partial charge in [0, 0.05) is 24.0 Å². The first kappa shape index (κ1) is 18.2. The van der Waals surface area contributed by atoms with Crippen LogP contribution in [0, 0.1) is 0 Å². The third-order valence-electron chi connectivity index (χ3n) is 5.55. The summed E-state index contributed by atoms with van der Waals surface area (Å²) < 4.78 is 7.26. The summed E-state index contributed by atoms with van der Waals surface area (Å²) in [5.41, 5.74) is 7.55. The standard InChI is InChI=1S/C20H24N6O2/c1-2-20(28-19(21)27)9-5-15(6-10-20)24-17-3-4-18-23-13-16(26(18)25-17)14-7-11-22-12-8-14/h3-4,7-8,11-13,15H,2,5-6,9-10H2,1H3,(H2,21,27)(H,24,25). The number of hydrogen-bond donors (Lipinski definition) is 2. The molecule has 4 rings (SSSR count). The number of hydrogen-bond acceptors (Lipinski definition) is 6. The van der Waals surface area contributed by atoms with Gasteiger partial charge in [-0.3, -0.25) is 4.98 Å². The Hall–Kier alpha value is -3.16. The Balaban J connectivity index is 1.49. The molecule has 3 heterocycles. The molecule has 0 spiro atoms. The summed E-state index contributed by atoms with van der Waals surface area (Å²) in [5.74, 6) is 0.797. The van der Waals surface area contributed by atoms with Crippen LogP contribution in [-0.4, -0.2) is 37.3 Å². The molecule has 0 radical (unpaired) electrons. The van der Waals surface area contributed by atoms with Crippen LogP contribution in [0.5, 0.6) is 0 Å². The van der Waals surface area contributed by atoms with Crippen LogP contribution in [-0.2, 0) is 4.74 Å². The lowest BCUT2D eigenvalue weighted by molar-refractivity contribution is -0.0169. The second-order valence-electron chi connectivity index (χ2n) is 7.24. The fraction of sp³-hybridized carbons (Fsp3) is 0.400. The Morgan fingerprint density at radius 2 is 2.04 bits per heavy atom. The fourth-order valence-electron chi connectivity index (χ4n) is 3.91. The summed E-state index contributed by atoms with van der Waals surface area (Å²) in [4.78, 5) is 19.7. The summed E-state index contributed by atoms with van der Waals surface area (Å²) in [6.45, 7) is 2.03.